The fraction of sp³-hybridized carbons (Fsp3) is 0.188. The zero-order chi connectivity index (χ0) is 14.7. The van der Waals surface area contributed by atoms with E-state index >= 15 is 0 Å². The van der Waals surface area contributed by atoms with E-state index in [1.807, 2.05) is 42.5 Å². The van der Waals surface area contributed by atoms with Gasteiger partial charge in [0.25, 0.3) is 5.91 Å². The van der Waals surface area contributed by atoms with Crippen LogP contribution >= 0.6 is 11.6 Å². The first-order valence-corrected chi connectivity index (χ1v) is 7.10. The van der Waals surface area contributed by atoms with Crippen molar-refractivity contribution in [3.63, 3.8) is 0 Å². The van der Waals surface area contributed by atoms with Crippen LogP contribution in [0, 0.1) is 0 Å². The van der Waals surface area contributed by atoms with Crippen LogP contribution in [-0.4, -0.2) is 12.5 Å². The second kappa shape index (κ2) is 6.16. The van der Waals surface area contributed by atoms with Gasteiger partial charge < -0.3 is 15.4 Å². The Kier molecular flexibility index (Phi) is 4.08. The number of nitrogens with one attached hydrogen (secondary N) is 2. The van der Waals surface area contributed by atoms with Crippen LogP contribution in [0.1, 0.15) is 11.1 Å². The lowest BCUT2D eigenvalue weighted by atomic mass is 10.1. The Bertz CT molecular complexity index is 673. The first-order valence-electron chi connectivity index (χ1n) is 6.72. The van der Waals surface area contributed by atoms with Gasteiger partial charge in [-0.1, -0.05) is 35.9 Å². The van der Waals surface area contributed by atoms with E-state index in [1.165, 1.54) is 0 Å². The maximum atomic E-state index is 11.3. The molecule has 1 aliphatic heterocycles. The largest absolute Gasteiger partial charge is 0.482 e. The molecule has 4 nitrogen and oxygen atoms in total. The highest BCUT2D eigenvalue weighted by Crippen LogP contribution is 2.28. The van der Waals surface area contributed by atoms with Crippen molar-refractivity contribution in [2.45, 2.75) is 13.1 Å². The number of fused-ring (bicyclic) bond motifs is 1. The highest BCUT2D eigenvalue weighted by atomic mass is 35.5. The molecule has 1 amide bonds. The third-order valence-corrected chi connectivity index (χ3v) is 3.65. The summed E-state index contributed by atoms with van der Waals surface area (Å²) in [6.07, 6.45) is 0. The summed E-state index contributed by atoms with van der Waals surface area (Å²) in [4.78, 5) is 11.3. The van der Waals surface area contributed by atoms with Crippen molar-refractivity contribution in [3.8, 4) is 5.75 Å². The fourth-order valence-corrected chi connectivity index (χ4v) is 2.43. The van der Waals surface area contributed by atoms with Crippen molar-refractivity contribution >= 4 is 23.2 Å². The van der Waals surface area contributed by atoms with Gasteiger partial charge in [-0.25, -0.2) is 0 Å². The minimum Gasteiger partial charge on any atom is -0.482 e. The fourth-order valence-electron chi connectivity index (χ4n) is 2.22. The van der Waals surface area contributed by atoms with Crippen LogP contribution in [0.4, 0.5) is 5.69 Å². The molecular weight excluding hydrogens is 288 g/mol. The Hall–Kier alpha value is -2.04. The van der Waals surface area contributed by atoms with E-state index in [2.05, 4.69) is 10.6 Å². The van der Waals surface area contributed by atoms with E-state index in [-0.39, 0.29) is 12.5 Å². The number of hydrogen-bond acceptors (Lipinski definition) is 3. The molecule has 2 aromatic carbocycles. The molecule has 0 bridgehead atoms. The van der Waals surface area contributed by atoms with Gasteiger partial charge in [0.05, 0.1) is 5.69 Å². The standard InChI is InChI=1S/C16H15ClN2O2/c17-13-4-2-1-3-12(13)9-18-8-11-5-6-15-14(7-11)19-16(20)10-21-15/h1-7,18H,8-10H2,(H,19,20). The summed E-state index contributed by atoms with van der Waals surface area (Å²) in [5.74, 6) is 0.591. The molecule has 0 radical (unpaired) electrons. The first-order chi connectivity index (χ1) is 10.2. The van der Waals surface area contributed by atoms with Crippen LogP contribution in [0.5, 0.6) is 5.75 Å². The third-order valence-electron chi connectivity index (χ3n) is 3.28. The van der Waals surface area contributed by atoms with Crippen molar-refractivity contribution in [1.29, 1.82) is 0 Å². The molecule has 0 saturated carbocycles. The highest BCUT2D eigenvalue weighted by molar-refractivity contribution is 6.31. The number of carbonyl (C=O) groups is 1. The summed E-state index contributed by atoms with van der Waals surface area (Å²) in [5.41, 5.74) is 2.86. The minimum absolute atomic E-state index is 0.0805. The van der Waals surface area contributed by atoms with Crippen molar-refractivity contribution in [3.05, 3.63) is 58.6 Å². The summed E-state index contributed by atoms with van der Waals surface area (Å²) in [7, 11) is 0. The first kappa shape index (κ1) is 13.9. The smallest absolute Gasteiger partial charge is 0.262 e. The third kappa shape index (κ3) is 3.35. The van der Waals surface area contributed by atoms with Gasteiger partial charge in [0, 0.05) is 18.1 Å². The van der Waals surface area contributed by atoms with Crippen molar-refractivity contribution in [2.24, 2.45) is 0 Å². The predicted molar refractivity (Wildman–Crippen MR) is 82.6 cm³/mol. The molecule has 0 aliphatic carbocycles. The number of carbonyl (C=O) groups excluding carboxylic acids is 1. The second-order valence-corrected chi connectivity index (χ2v) is 5.27. The lowest BCUT2D eigenvalue weighted by Crippen LogP contribution is -2.25. The molecule has 0 saturated heterocycles. The maximum absolute atomic E-state index is 11.3. The zero-order valence-corrected chi connectivity index (χ0v) is 12.1. The number of benzene rings is 2. The van der Waals surface area contributed by atoms with Gasteiger partial charge in [-0.15, -0.1) is 0 Å². The summed E-state index contributed by atoms with van der Waals surface area (Å²) in [6, 6.07) is 13.5. The quantitative estimate of drug-likeness (QED) is 0.913. The SMILES string of the molecule is O=C1COc2ccc(CNCc3ccccc3Cl)cc2N1. The zero-order valence-electron chi connectivity index (χ0n) is 11.4. The highest BCUT2D eigenvalue weighted by Gasteiger charge is 2.15. The average molecular weight is 303 g/mol. The van der Waals surface area contributed by atoms with Crippen LogP contribution in [0.15, 0.2) is 42.5 Å². The molecule has 108 valence electrons. The van der Waals surface area contributed by atoms with E-state index in [9.17, 15) is 4.79 Å². The van der Waals surface area contributed by atoms with Gasteiger partial charge in [0.1, 0.15) is 5.75 Å². The number of halogens is 1. The molecule has 5 heteroatoms. The van der Waals surface area contributed by atoms with Crippen molar-refractivity contribution < 1.29 is 9.53 Å². The number of amides is 1. The van der Waals surface area contributed by atoms with Gasteiger partial charge in [-0.05, 0) is 29.3 Å². The minimum atomic E-state index is -0.122. The van der Waals surface area contributed by atoms with E-state index in [0.717, 1.165) is 21.8 Å². The Morgan fingerprint density at radius 1 is 1.19 bits per heavy atom. The van der Waals surface area contributed by atoms with Crippen LogP contribution < -0.4 is 15.4 Å². The van der Waals surface area contributed by atoms with E-state index in [4.69, 9.17) is 16.3 Å². The normalized spacial score (nSPS) is 13.3. The molecule has 2 aromatic rings. The van der Waals surface area contributed by atoms with Crippen LogP contribution in [0.3, 0.4) is 0 Å². The lowest BCUT2D eigenvalue weighted by Gasteiger charge is -2.18. The number of hydrogen-bond donors (Lipinski definition) is 2. The molecule has 21 heavy (non-hydrogen) atoms. The summed E-state index contributed by atoms with van der Waals surface area (Å²) >= 11 is 6.11. The predicted octanol–water partition coefficient (Wildman–Crippen LogP) is 2.96. The second-order valence-electron chi connectivity index (χ2n) is 4.86. The molecule has 3 rings (SSSR count). The molecule has 2 N–H and O–H groups in total. The van der Waals surface area contributed by atoms with Gasteiger partial charge in [-0.3, -0.25) is 4.79 Å². The van der Waals surface area contributed by atoms with Crippen LogP contribution in [-0.2, 0) is 17.9 Å². The summed E-state index contributed by atoms with van der Waals surface area (Å²) in [5, 5.41) is 6.90. The van der Waals surface area contributed by atoms with E-state index in [1.54, 1.807) is 0 Å². The Morgan fingerprint density at radius 2 is 2.05 bits per heavy atom. The monoisotopic (exact) mass is 302 g/mol. The van der Waals surface area contributed by atoms with E-state index < -0.39 is 0 Å². The lowest BCUT2D eigenvalue weighted by molar-refractivity contribution is -0.118. The molecule has 0 unspecified atom stereocenters. The number of ether oxygens (including phenoxy) is 1. The van der Waals surface area contributed by atoms with E-state index in [0.29, 0.717) is 18.8 Å². The average Bonchev–Trinajstić information content (AvgIpc) is 2.49. The topological polar surface area (TPSA) is 50.4 Å². The molecule has 1 aliphatic rings. The van der Waals surface area contributed by atoms with Gasteiger partial charge in [0.2, 0.25) is 0 Å². The Labute approximate surface area is 128 Å². The van der Waals surface area contributed by atoms with Crippen LogP contribution in [0.25, 0.3) is 0 Å². The molecule has 0 atom stereocenters. The van der Waals surface area contributed by atoms with Gasteiger partial charge in [-0.2, -0.15) is 0 Å². The molecule has 0 aromatic heterocycles. The van der Waals surface area contributed by atoms with Crippen LogP contribution in [0.2, 0.25) is 5.02 Å². The van der Waals surface area contributed by atoms with Gasteiger partial charge >= 0.3 is 0 Å². The summed E-state index contributed by atoms with van der Waals surface area (Å²) < 4.78 is 5.33. The molecule has 1 heterocycles. The maximum Gasteiger partial charge on any atom is 0.262 e. The van der Waals surface area contributed by atoms with Crippen molar-refractivity contribution in [2.75, 3.05) is 11.9 Å². The van der Waals surface area contributed by atoms with Gasteiger partial charge in [0.15, 0.2) is 6.61 Å². The molecular formula is C16H15ClN2O2. The number of anilines is 1. The van der Waals surface area contributed by atoms with Crippen molar-refractivity contribution in [1.82, 2.24) is 5.32 Å². The Morgan fingerprint density at radius 3 is 2.90 bits per heavy atom. The molecule has 0 spiro atoms. The summed E-state index contributed by atoms with van der Waals surface area (Å²) in [6.45, 7) is 1.46. The number of rotatable bonds is 4. The molecule has 0 fully saturated rings. The Balaban J connectivity index is 1.62.